The Bertz CT molecular complexity index is 447. The number of hydrogen-bond donors (Lipinski definition) is 2. The van der Waals surface area contributed by atoms with Crippen LogP contribution in [0.3, 0.4) is 0 Å². The summed E-state index contributed by atoms with van der Waals surface area (Å²) in [5.41, 5.74) is -1.78. The Hall–Kier alpha value is -0.940. The highest BCUT2D eigenvalue weighted by atomic mass is 16.6. The molecule has 2 atom stereocenters. The molecule has 0 spiro atoms. The number of carbonyl (C=O) groups excluding carboxylic acids is 1. The predicted molar refractivity (Wildman–Crippen MR) is 82.5 cm³/mol. The van der Waals surface area contributed by atoms with E-state index in [4.69, 9.17) is 4.74 Å². The van der Waals surface area contributed by atoms with Crippen molar-refractivity contribution >= 4 is 11.6 Å². The maximum absolute atomic E-state index is 13.0. The number of aliphatic hydroxyl groups is 1. The first kappa shape index (κ1) is 16.4. The van der Waals surface area contributed by atoms with Gasteiger partial charge in [0.25, 0.3) is 0 Å². The van der Waals surface area contributed by atoms with Gasteiger partial charge in [-0.05, 0) is 18.8 Å². The highest BCUT2D eigenvalue weighted by Crippen LogP contribution is 2.38. The van der Waals surface area contributed by atoms with Crippen LogP contribution in [0.25, 0.3) is 0 Å². The van der Waals surface area contributed by atoms with Crippen molar-refractivity contribution < 1.29 is 14.6 Å². The highest BCUT2D eigenvalue weighted by molar-refractivity contribution is 6.02. The van der Waals surface area contributed by atoms with Gasteiger partial charge in [0.2, 0.25) is 0 Å². The molecular weight excluding hydrogens is 268 g/mol. The summed E-state index contributed by atoms with van der Waals surface area (Å²) in [4.78, 5) is 17.6. The van der Waals surface area contributed by atoms with Crippen molar-refractivity contribution in [3.63, 3.8) is 0 Å². The number of hydrogen-bond acceptors (Lipinski definition) is 5. The zero-order valence-electron chi connectivity index (χ0n) is 13.8. The molecule has 2 heterocycles. The molecule has 0 bridgehead atoms. The minimum Gasteiger partial charge on any atom is -0.393 e. The van der Waals surface area contributed by atoms with Crippen LogP contribution in [-0.2, 0) is 9.53 Å². The average molecular weight is 296 g/mol. The summed E-state index contributed by atoms with van der Waals surface area (Å²) < 4.78 is 5.31. The third kappa shape index (κ3) is 3.14. The number of epoxide rings is 1. The molecule has 2 rings (SSSR count). The zero-order chi connectivity index (χ0) is 15.9. The maximum atomic E-state index is 13.0. The summed E-state index contributed by atoms with van der Waals surface area (Å²) in [5, 5.41) is 13.0. The van der Waals surface area contributed by atoms with Gasteiger partial charge in [0.1, 0.15) is 11.4 Å². The predicted octanol–water partition coefficient (Wildman–Crippen LogP) is 1.54. The van der Waals surface area contributed by atoms with Crippen LogP contribution >= 0.6 is 0 Å². The third-order valence-corrected chi connectivity index (χ3v) is 4.23. The van der Waals surface area contributed by atoms with E-state index >= 15 is 0 Å². The van der Waals surface area contributed by atoms with E-state index in [9.17, 15) is 9.90 Å². The molecule has 0 saturated carbocycles. The summed E-state index contributed by atoms with van der Waals surface area (Å²) >= 11 is 0. The topological polar surface area (TPSA) is 74.2 Å². The molecule has 0 aromatic carbocycles. The molecule has 0 radical (unpaired) electrons. The van der Waals surface area contributed by atoms with E-state index in [2.05, 4.69) is 44.9 Å². The molecule has 5 nitrogen and oxygen atoms in total. The Morgan fingerprint density at radius 2 is 2.10 bits per heavy atom. The van der Waals surface area contributed by atoms with Crippen molar-refractivity contribution in [2.75, 3.05) is 19.8 Å². The largest absolute Gasteiger partial charge is 0.393 e. The van der Waals surface area contributed by atoms with E-state index in [0.717, 1.165) is 12.3 Å². The molecular formula is C16H28N2O3. The Morgan fingerprint density at radius 1 is 1.48 bits per heavy atom. The molecule has 0 aromatic heterocycles. The zero-order valence-corrected chi connectivity index (χ0v) is 13.8. The van der Waals surface area contributed by atoms with E-state index in [0.29, 0.717) is 25.5 Å². The normalized spacial score (nSPS) is 32.6. The summed E-state index contributed by atoms with van der Waals surface area (Å²) in [6, 6.07) is 0. The molecule has 0 aromatic rings. The van der Waals surface area contributed by atoms with Crippen LogP contribution in [0.4, 0.5) is 0 Å². The fourth-order valence-corrected chi connectivity index (χ4v) is 3.04. The van der Waals surface area contributed by atoms with Gasteiger partial charge >= 0.3 is 0 Å². The minimum atomic E-state index is -0.984. The first-order valence-electron chi connectivity index (χ1n) is 7.78. The minimum absolute atomic E-state index is 0.0112. The molecule has 0 amide bonds. The van der Waals surface area contributed by atoms with Crippen molar-refractivity contribution in [3.8, 4) is 0 Å². The van der Waals surface area contributed by atoms with Gasteiger partial charge in [0, 0.05) is 12.0 Å². The number of Topliss-reactive ketones (excluding diaryl/α,β-unsaturated/α-hetero) is 1. The van der Waals surface area contributed by atoms with Crippen molar-refractivity contribution in [3.05, 3.63) is 0 Å². The van der Waals surface area contributed by atoms with Gasteiger partial charge in [-0.25, -0.2) is 0 Å². The van der Waals surface area contributed by atoms with Crippen LogP contribution < -0.4 is 5.32 Å². The molecule has 1 fully saturated rings. The van der Waals surface area contributed by atoms with Gasteiger partial charge in [-0.2, -0.15) is 0 Å². The van der Waals surface area contributed by atoms with Crippen LogP contribution in [-0.4, -0.2) is 47.6 Å². The molecule has 5 heteroatoms. The number of ether oxygens (including phenoxy) is 1. The second kappa shape index (κ2) is 5.36. The molecule has 21 heavy (non-hydrogen) atoms. The molecule has 1 unspecified atom stereocenters. The Labute approximate surface area is 127 Å². The van der Waals surface area contributed by atoms with Gasteiger partial charge in [0.05, 0.1) is 13.2 Å². The van der Waals surface area contributed by atoms with E-state index in [-0.39, 0.29) is 17.8 Å². The fraction of sp³-hybridized carbons (Fsp3) is 0.875. The SMILES string of the molecule is CC(C)CC1(C(=O)[C@@]2(CO)CO2)CCN=C(C(C)(C)C)N1. The Balaban J connectivity index is 2.31. The number of amidine groups is 1. The average Bonchev–Trinajstić information content (AvgIpc) is 3.17. The van der Waals surface area contributed by atoms with Gasteiger partial charge < -0.3 is 15.2 Å². The van der Waals surface area contributed by atoms with Gasteiger partial charge in [0.15, 0.2) is 11.4 Å². The number of nitrogens with one attached hydrogen (secondary N) is 1. The Morgan fingerprint density at radius 3 is 2.52 bits per heavy atom. The summed E-state index contributed by atoms with van der Waals surface area (Å²) in [6.45, 7) is 11.2. The van der Waals surface area contributed by atoms with E-state index in [1.165, 1.54) is 0 Å². The molecule has 2 N–H and O–H groups in total. The first-order valence-corrected chi connectivity index (χ1v) is 7.78. The second-order valence-corrected chi connectivity index (χ2v) is 7.81. The van der Waals surface area contributed by atoms with Crippen LogP contribution in [0.2, 0.25) is 0 Å². The van der Waals surface area contributed by atoms with Crippen molar-refractivity contribution in [2.24, 2.45) is 16.3 Å². The number of aliphatic imine (C=N–C) groups is 1. The van der Waals surface area contributed by atoms with Crippen molar-refractivity contribution in [2.45, 2.75) is 58.6 Å². The van der Waals surface area contributed by atoms with Crippen LogP contribution in [0.5, 0.6) is 0 Å². The van der Waals surface area contributed by atoms with Crippen LogP contribution in [0.15, 0.2) is 4.99 Å². The fourth-order valence-electron chi connectivity index (χ4n) is 3.04. The van der Waals surface area contributed by atoms with Gasteiger partial charge in [-0.15, -0.1) is 0 Å². The standard InChI is InChI=1S/C16H28N2O3/c1-11(2)8-15(12(20)16(9-19)10-21-16)6-7-17-13(18-15)14(3,4)5/h11,19H,6-10H2,1-5H3,(H,17,18)/t15?,16-/m1/s1. The van der Waals surface area contributed by atoms with Crippen molar-refractivity contribution in [1.82, 2.24) is 5.32 Å². The molecule has 120 valence electrons. The lowest BCUT2D eigenvalue weighted by Crippen LogP contribution is -2.64. The quantitative estimate of drug-likeness (QED) is 0.755. The highest BCUT2D eigenvalue weighted by Gasteiger charge is 2.60. The Kier molecular flexibility index (Phi) is 4.19. The number of carbonyl (C=O) groups is 1. The lowest BCUT2D eigenvalue weighted by molar-refractivity contribution is -0.132. The molecule has 2 aliphatic heterocycles. The number of ketones is 1. The maximum Gasteiger partial charge on any atom is 0.194 e. The summed E-state index contributed by atoms with van der Waals surface area (Å²) in [7, 11) is 0. The second-order valence-electron chi connectivity index (χ2n) is 7.81. The molecule has 1 saturated heterocycles. The van der Waals surface area contributed by atoms with Gasteiger partial charge in [-0.1, -0.05) is 34.6 Å². The monoisotopic (exact) mass is 296 g/mol. The number of nitrogens with zero attached hydrogens (tertiary/aromatic N) is 1. The van der Waals surface area contributed by atoms with E-state index in [1.54, 1.807) is 0 Å². The van der Waals surface area contributed by atoms with Crippen LogP contribution in [0, 0.1) is 11.3 Å². The third-order valence-electron chi connectivity index (χ3n) is 4.23. The van der Waals surface area contributed by atoms with Crippen LogP contribution in [0.1, 0.15) is 47.5 Å². The van der Waals surface area contributed by atoms with E-state index in [1.807, 2.05) is 0 Å². The smallest absolute Gasteiger partial charge is 0.194 e. The van der Waals surface area contributed by atoms with E-state index < -0.39 is 11.1 Å². The number of aliphatic hydroxyl groups excluding tert-OH is 1. The molecule has 0 aliphatic carbocycles. The molecule has 2 aliphatic rings. The lowest BCUT2D eigenvalue weighted by atomic mass is 9.75. The number of rotatable bonds is 5. The van der Waals surface area contributed by atoms with Crippen molar-refractivity contribution in [1.29, 1.82) is 0 Å². The summed E-state index contributed by atoms with van der Waals surface area (Å²) in [5.74, 6) is 1.23. The first-order chi connectivity index (χ1) is 9.65. The lowest BCUT2D eigenvalue weighted by Gasteiger charge is -2.42. The van der Waals surface area contributed by atoms with Gasteiger partial charge in [-0.3, -0.25) is 9.79 Å². The summed E-state index contributed by atoms with van der Waals surface area (Å²) in [6.07, 6.45) is 1.39.